The Kier molecular flexibility index (Phi) is 6.66. The van der Waals surface area contributed by atoms with Crippen LogP contribution in [-0.2, 0) is 9.59 Å². The number of hydrogen-bond donors (Lipinski definition) is 1. The minimum Gasteiger partial charge on any atom is -0.326 e. The summed E-state index contributed by atoms with van der Waals surface area (Å²) in [4.78, 5) is 41.0. The number of anilines is 3. The van der Waals surface area contributed by atoms with Crippen molar-refractivity contribution in [3.63, 3.8) is 0 Å². The van der Waals surface area contributed by atoms with Crippen LogP contribution in [0.2, 0.25) is 0 Å². The second kappa shape index (κ2) is 9.40. The number of benzene rings is 2. The van der Waals surface area contributed by atoms with Gasteiger partial charge >= 0.3 is 0 Å². The van der Waals surface area contributed by atoms with Gasteiger partial charge in [-0.3, -0.25) is 19.3 Å². The van der Waals surface area contributed by atoms with E-state index >= 15 is 0 Å². The number of amides is 2. The van der Waals surface area contributed by atoms with Crippen LogP contribution >= 0.6 is 11.3 Å². The van der Waals surface area contributed by atoms with Crippen LogP contribution in [0.5, 0.6) is 0 Å². The van der Waals surface area contributed by atoms with E-state index in [9.17, 15) is 23.2 Å². The number of ketones is 1. The lowest BCUT2D eigenvalue weighted by Crippen LogP contribution is -2.23. The van der Waals surface area contributed by atoms with Gasteiger partial charge in [0.2, 0.25) is 11.8 Å². The van der Waals surface area contributed by atoms with Crippen molar-refractivity contribution in [1.82, 2.24) is 4.98 Å². The molecule has 0 radical (unpaired) electrons. The van der Waals surface area contributed by atoms with Crippen molar-refractivity contribution in [2.45, 2.75) is 13.8 Å². The molecule has 6 nitrogen and oxygen atoms in total. The highest BCUT2D eigenvalue weighted by Gasteiger charge is 2.21. The normalized spacial score (nSPS) is 10.8. The molecule has 0 unspecified atom stereocenters. The van der Waals surface area contributed by atoms with Gasteiger partial charge in [0.15, 0.2) is 10.9 Å². The van der Waals surface area contributed by atoms with E-state index in [0.717, 1.165) is 28.4 Å². The van der Waals surface area contributed by atoms with Crippen LogP contribution < -0.4 is 10.2 Å². The second-order valence-corrected chi connectivity index (χ2v) is 7.30. The maximum atomic E-state index is 14.2. The Morgan fingerprint density at radius 2 is 1.87 bits per heavy atom. The number of nitrogens with one attached hydrogen (secondary N) is 1. The number of halogens is 2. The fourth-order valence-corrected chi connectivity index (χ4v) is 3.58. The van der Waals surface area contributed by atoms with Crippen LogP contribution in [0.15, 0.2) is 53.9 Å². The van der Waals surface area contributed by atoms with Crippen LogP contribution in [0.1, 0.15) is 29.9 Å². The monoisotopic (exact) mass is 441 g/mol. The van der Waals surface area contributed by atoms with E-state index in [1.165, 1.54) is 26.0 Å². The average molecular weight is 441 g/mol. The molecule has 0 bridgehead atoms. The summed E-state index contributed by atoms with van der Waals surface area (Å²) in [5.41, 5.74) is 1.14. The van der Waals surface area contributed by atoms with Gasteiger partial charge in [0.1, 0.15) is 11.6 Å². The number of rotatable bonds is 6. The zero-order valence-electron chi connectivity index (χ0n) is 16.6. The number of carbonyl (C=O) groups excluding carboxylic acids is 3. The topological polar surface area (TPSA) is 79.4 Å². The Labute approximate surface area is 180 Å². The van der Waals surface area contributed by atoms with Gasteiger partial charge in [-0.15, -0.1) is 11.3 Å². The lowest BCUT2D eigenvalue weighted by Gasteiger charge is -2.18. The molecular weight excluding hydrogens is 424 g/mol. The summed E-state index contributed by atoms with van der Waals surface area (Å²) in [6.45, 7) is 2.61. The number of carbonyl (C=O) groups is 3. The molecule has 0 aliphatic carbocycles. The van der Waals surface area contributed by atoms with Gasteiger partial charge < -0.3 is 5.32 Å². The zero-order valence-corrected chi connectivity index (χ0v) is 17.4. The fraction of sp³-hybridized carbons (Fsp3) is 0.0909. The Balaban J connectivity index is 1.81. The zero-order chi connectivity index (χ0) is 22.5. The van der Waals surface area contributed by atoms with Gasteiger partial charge in [-0.05, 0) is 36.4 Å². The molecule has 31 heavy (non-hydrogen) atoms. The SMILES string of the molecule is CC(=O)Nc1cccc(C(=O)/C=C/c2csc(N(C(C)=O)c3ccc(F)cc3F)n2)c1. The third-order valence-corrected chi connectivity index (χ3v) is 4.88. The molecule has 0 saturated heterocycles. The number of thiazole rings is 1. The van der Waals surface area contributed by atoms with E-state index in [2.05, 4.69) is 10.3 Å². The summed E-state index contributed by atoms with van der Waals surface area (Å²) in [7, 11) is 0. The first-order chi connectivity index (χ1) is 14.7. The van der Waals surface area contributed by atoms with Crippen LogP contribution in [0.25, 0.3) is 6.08 Å². The van der Waals surface area contributed by atoms with Crippen LogP contribution in [-0.4, -0.2) is 22.6 Å². The van der Waals surface area contributed by atoms with Gasteiger partial charge in [0.05, 0.1) is 11.4 Å². The van der Waals surface area contributed by atoms with Crippen molar-refractivity contribution in [2.75, 3.05) is 10.2 Å². The van der Waals surface area contributed by atoms with Crippen molar-refractivity contribution in [2.24, 2.45) is 0 Å². The number of hydrogen-bond acceptors (Lipinski definition) is 5. The first-order valence-corrected chi connectivity index (χ1v) is 9.94. The molecule has 0 atom stereocenters. The smallest absolute Gasteiger partial charge is 0.230 e. The average Bonchev–Trinajstić information content (AvgIpc) is 3.16. The summed E-state index contributed by atoms with van der Waals surface area (Å²) in [6.07, 6.45) is 2.77. The minimum atomic E-state index is -0.892. The standard InChI is InChI=1S/C22H17F2N3O3S/c1-13(28)25-17-5-3-4-15(10-17)21(30)9-7-18-12-31-22(26-18)27(14(2)29)20-8-6-16(23)11-19(20)24/h3-12H,1-2H3,(H,25,28)/b9-7+. The lowest BCUT2D eigenvalue weighted by atomic mass is 10.1. The molecule has 0 saturated carbocycles. The molecule has 1 N–H and O–H groups in total. The summed E-state index contributed by atoms with van der Waals surface area (Å²) in [6, 6.07) is 9.38. The van der Waals surface area contributed by atoms with Crippen molar-refractivity contribution in [3.8, 4) is 0 Å². The molecule has 0 aliphatic heterocycles. The van der Waals surface area contributed by atoms with Gasteiger partial charge in [0.25, 0.3) is 0 Å². The lowest BCUT2D eigenvalue weighted by molar-refractivity contribution is -0.116. The highest BCUT2D eigenvalue weighted by molar-refractivity contribution is 7.14. The van der Waals surface area contributed by atoms with Crippen LogP contribution in [0.3, 0.4) is 0 Å². The molecule has 3 aromatic rings. The summed E-state index contributed by atoms with van der Waals surface area (Å²) in [5, 5.41) is 4.39. The predicted molar refractivity (Wildman–Crippen MR) is 115 cm³/mol. The van der Waals surface area contributed by atoms with E-state index in [1.54, 1.807) is 29.6 Å². The third-order valence-electron chi connectivity index (χ3n) is 4.04. The molecule has 158 valence electrons. The molecule has 3 rings (SSSR count). The Hall–Kier alpha value is -3.72. The highest BCUT2D eigenvalue weighted by Crippen LogP contribution is 2.31. The maximum Gasteiger partial charge on any atom is 0.230 e. The quantitative estimate of drug-likeness (QED) is 0.433. The fourth-order valence-electron chi connectivity index (χ4n) is 2.74. The van der Waals surface area contributed by atoms with E-state index in [-0.39, 0.29) is 22.5 Å². The summed E-state index contributed by atoms with van der Waals surface area (Å²) in [5.74, 6) is -2.70. The Morgan fingerprint density at radius 3 is 2.55 bits per heavy atom. The molecule has 2 aromatic carbocycles. The number of nitrogens with zero attached hydrogens (tertiary/aromatic N) is 2. The van der Waals surface area contributed by atoms with Gasteiger partial charge in [-0.2, -0.15) is 0 Å². The maximum absolute atomic E-state index is 14.2. The largest absolute Gasteiger partial charge is 0.326 e. The van der Waals surface area contributed by atoms with Gasteiger partial charge in [-0.25, -0.2) is 13.8 Å². The molecule has 9 heteroatoms. The first kappa shape index (κ1) is 22.0. The van der Waals surface area contributed by atoms with Crippen LogP contribution in [0.4, 0.5) is 25.3 Å². The molecule has 1 aromatic heterocycles. The van der Waals surface area contributed by atoms with Crippen LogP contribution in [0, 0.1) is 11.6 Å². The summed E-state index contributed by atoms with van der Waals surface area (Å²) < 4.78 is 27.4. The molecule has 0 spiro atoms. The third kappa shape index (κ3) is 5.46. The Morgan fingerprint density at radius 1 is 1.10 bits per heavy atom. The van der Waals surface area contributed by atoms with E-state index in [0.29, 0.717) is 23.0 Å². The predicted octanol–water partition coefficient (Wildman–Crippen LogP) is 4.96. The van der Waals surface area contributed by atoms with E-state index in [4.69, 9.17) is 0 Å². The molecular formula is C22H17F2N3O3S. The van der Waals surface area contributed by atoms with Crippen molar-refractivity contribution in [3.05, 3.63) is 76.8 Å². The van der Waals surface area contributed by atoms with Gasteiger partial charge in [-0.1, -0.05) is 12.1 Å². The summed E-state index contributed by atoms with van der Waals surface area (Å²) >= 11 is 1.07. The second-order valence-electron chi connectivity index (χ2n) is 6.46. The molecule has 0 aliphatic rings. The minimum absolute atomic E-state index is 0.121. The van der Waals surface area contributed by atoms with Gasteiger partial charge in [0, 0.05) is 36.5 Å². The number of aromatic nitrogens is 1. The Bertz CT molecular complexity index is 1190. The van der Waals surface area contributed by atoms with Crippen molar-refractivity contribution < 1.29 is 23.2 Å². The van der Waals surface area contributed by atoms with Crippen molar-refractivity contribution >= 4 is 51.5 Å². The van der Waals surface area contributed by atoms with E-state index < -0.39 is 17.5 Å². The molecule has 1 heterocycles. The molecule has 2 amide bonds. The van der Waals surface area contributed by atoms with E-state index in [1.807, 2.05) is 0 Å². The molecule has 0 fully saturated rings. The first-order valence-electron chi connectivity index (χ1n) is 9.06. The highest BCUT2D eigenvalue weighted by atomic mass is 32.1. The van der Waals surface area contributed by atoms with Crippen molar-refractivity contribution in [1.29, 1.82) is 0 Å². The number of allylic oxidation sites excluding steroid dienone is 1.